The molecule has 1 spiro atoms. The van der Waals surface area contributed by atoms with Crippen LogP contribution in [0.1, 0.15) is 82.3 Å². The number of benzene rings is 1. The Morgan fingerprint density at radius 2 is 1.48 bits per heavy atom. The highest BCUT2D eigenvalue weighted by atomic mass is 16.3. The normalized spacial score (nSPS) is 23.8. The Hall–Kier alpha value is -0.820. The highest BCUT2D eigenvalue weighted by Gasteiger charge is 2.42. The van der Waals surface area contributed by atoms with Crippen LogP contribution in [0.2, 0.25) is 0 Å². The Morgan fingerprint density at radius 1 is 0.905 bits per heavy atom. The third kappa shape index (κ3) is 3.34. The quantitative estimate of drug-likeness (QED) is 0.808. The predicted octanol–water partition coefficient (Wildman–Crippen LogP) is 5.22. The van der Waals surface area contributed by atoms with Crippen LogP contribution in [0.25, 0.3) is 0 Å². The van der Waals surface area contributed by atoms with Crippen LogP contribution in [0.15, 0.2) is 24.3 Å². The summed E-state index contributed by atoms with van der Waals surface area (Å²) in [5.74, 6) is 0.582. The Morgan fingerprint density at radius 3 is 2.00 bits per heavy atom. The van der Waals surface area contributed by atoms with Crippen LogP contribution >= 0.6 is 0 Å². The standard InChI is InChI=1S/C20H30O/c1-16(2)18-7-5-17(6-8-18)15-20(21)13-11-19(12-14-20)9-3-4-10-19/h5-8,16,21H,3-4,9-15H2,1-2H3. The van der Waals surface area contributed by atoms with Crippen LogP contribution in [0.5, 0.6) is 0 Å². The smallest absolute Gasteiger partial charge is 0.0688 e. The van der Waals surface area contributed by atoms with Crippen LogP contribution in [0.4, 0.5) is 0 Å². The van der Waals surface area contributed by atoms with E-state index in [0.717, 1.165) is 19.3 Å². The first-order chi connectivity index (χ1) is 10.0. The summed E-state index contributed by atoms with van der Waals surface area (Å²) in [6.07, 6.45) is 11.0. The summed E-state index contributed by atoms with van der Waals surface area (Å²) < 4.78 is 0. The van der Waals surface area contributed by atoms with E-state index in [2.05, 4.69) is 38.1 Å². The van der Waals surface area contributed by atoms with Crippen LogP contribution in [-0.2, 0) is 6.42 Å². The summed E-state index contributed by atoms with van der Waals surface area (Å²) in [5, 5.41) is 10.9. The van der Waals surface area contributed by atoms with Gasteiger partial charge < -0.3 is 5.11 Å². The van der Waals surface area contributed by atoms with Gasteiger partial charge in [-0.2, -0.15) is 0 Å². The molecule has 21 heavy (non-hydrogen) atoms. The molecule has 2 saturated carbocycles. The van der Waals surface area contributed by atoms with Gasteiger partial charge >= 0.3 is 0 Å². The van der Waals surface area contributed by atoms with E-state index >= 15 is 0 Å². The van der Waals surface area contributed by atoms with Gasteiger partial charge in [-0.15, -0.1) is 0 Å². The van der Waals surface area contributed by atoms with E-state index in [1.807, 2.05) is 0 Å². The van der Waals surface area contributed by atoms with Gasteiger partial charge in [-0.1, -0.05) is 51.0 Å². The van der Waals surface area contributed by atoms with Crippen molar-refractivity contribution in [2.45, 2.75) is 83.2 Å². The van der Waals surface area contributed by atoms with Crippen molar-refractivity contribution in [2.75, 3.05) is 0 Å². The van der Waals surface area contributed by atoms with E-state index in [4.69, 9.17) is 0 Å². The van der Waals surface area contributed by atoms with Crippen molar-refractivity contribution in [1.29, 1.82) is 0 Å². The first kappa shape index (κ1) is 15.1. The fraction of sp³-hybridized carbons (Fsp3) is 0.700. The summed E-state index contributed by atoms with van der Waals surface area (Å²) in [6, 6.07) is 8.88. The van der Waals surface area contributed by atoms with Crippen molar-refractivity contribution < 1.29 is 5.11 Å². The lowest BCUT2D eigenvalue weighted by Gasteiger charge is -2.42. The van der Waals surface area contributed by atoms with Gasteiger partial charge in [0.25, 0.3) is 0 Å². The number of rotatable bonds is 3. The van der Waals surface area contributed by atoms with E-state index in [9.17, 15) is 5.11 Å². The maximum absolute atomic E-state index is 10.9. The lowest BCUT2D eigenvalue weighted by atomic mass is 9.66. The molecule has 1 nitrogen and oxygen atoms in total. The van der Waals surface area contributed by atoms with Gasteiger partial charge in [0.1, 0.15) is 0 Å². The van der Waals surface area contributed by atoms with E-state index in [-0.39, 0.29) is 0 Å². The van der Waals surface area contributed by atoms with Crippen molar-refractivity contribution in [3.8, 4) is 0 Å². The van der Waals surface area contributed by atoms with Gasteiger partial charge in [0, 0.05) is 6.42 Å². The summed E-state index contributed by atoms with van der Waals surface area (Å²) in [5.41, 5.74) is 2.84. The summed E-state index contributed by atoms with van der Waals surface area (Å²) in [7, 11) is 0. The number of aliphatic hydroxyl groups is 1. The molecule has 0 aliphatic heterocycles. The van der Waals surface area contributed by atoms with E-state index in [1.165, 1.54) is 49.7 Å². The molecule has 0 radical (unpaired) electrons. The molecule has 1 heteroatoms. The molecule has 1 N–H and O–H groups in total. The van der Waals surface area contributed by atoms with Crippen molar-refractivity contribution in [1.82, 2.24) is 0 Å². The molecule has 0 aromatic heterocycles. The first-order valence-electron chi connectivity index (χ1n) is 8.82. The van der Waals surface area contributed by atoms with E-state index in [0.29, 0.717) is 11.3 Å². The molecule has 2 aliphatic carbocycles. The highest BCUT2D eigenvalue weighted by Crippen LogP contribution is 2.51. The van der Waals surface area contributed by atoms with Gasteiger partial charge in [0.05, 0.1) is 5.60 Å². The lowest BCUT2D eigenvalue weighted by Crippen LogP contribution is -2.39. The van der Waals surface area contributed by atoms with Gasteiger partial charge in [-0.3, -0.25) is 0 Å². The van der Waals surface area contributed by atoms with E-state index in [1.54, 1.807) is 0 Å². The van der Waals surface area contributed by atoms with Crippen molar-refractivity contribution in [3.05, 3.63) is 35.4 Å². The minimum absolute atomic E-state index is 0.451. The highest BCUT2D eigenvalue weighted by molar-refractivity contribution is 5.26. The molecule has 0 saturated heterocycles. The average Bonchev–Trinajstić information content (AvgIpc) is 2.92. The summed E-state index contributed by atoms with van der Waals surface area (Å²) in [6.45, 7) is 4.45. The minimum atomic E-state index is -0.451. The fourth-order valence-corrected chi connectivity index (χ4v) is 4.45. The third-order valence-corrected chi connectivity index (χ3v) is 6.09. The summed E-state index contributed by atoms with van der Waals surface area (Å²) in [4.78, 5) is 0. The largest absolute Gasteiger partial charge is 0.390 e. The van der Waals surface area contributed by atoms with Crippen molar-refractivity contribution in [2.24, 2.45) is 5.41 Å². The monoisotopic (exact) mass is 286 g/mol. The molecule has 0 heterocycles. The SMILES string of the molecule is CC(C)c1ccc(CC2(O)CCC3(CCCC3)CC2)cc1. The minimum Gasteiger partial charge on any atom is -0.390 e. The molecule has 116 valence electrons. The zero-order chi connectivity index (χ0) is 14.9. The van der Waals surface area contributed by atoms with Crippen molar-refractivity contribution >= 4 is 0 Å². The second kappa shape index (κ2) is 5.76. The fourth-order valence-electron chi connectivity index (χ4n) is 4.45. The third-order valence-electron chi connectivity index (χ3n) is 6.09. The van der Waals surface area contributed by atoms with E-state index < -0.39 is 5.60 Å². The second-order valence-corrected chi connectivity index (χ2v) is 8.00. The molecule has 1 aromatic carbocycles. The topological polar surface area (TPSA) is 20.2 Å². The molecule has 0 amide bonds. The zero-order valence-corrected chi connectivity index (χ0v) is 13.7. The Balaban J connectivity index is 1.62. The Bertz CT molecular complexity index is 455. The molecule has 1 aromatic rings. The van der Waals surface area contributed by atoms with Crippen LogP contribution < -0.4 is 0 Å². The molecule has 0 unspecified atom stereocenters. The molecular weight excluding hydrogens is 256 g/mol. The van der Waals surface area contributed by atoms with Gasteiger partial charge in [-0.25, -0.2) is 0 Å². The lowest BCUT2D eigenvalue weighted by molar-refractivity contribution is -0.0322. The Labute approximate surface area is 129 Å². The van der Waals surface area contributed by atoms with Gasteiger partial charge in [0.15, 0.2) is 0 Å². The molecule has 2 fully saturated rings. The maximum Gasteiger partial charge on any atom is 0.0688 e. The number of hydrogen-bond acceptors (Lipinski definition) is 1. The van der Waals surface area contributed by atoms with Crippen LogP contribution in [0.3, 0.4) is 0 Å². The second-order valence-electron chi connectivity index (χ2n) is 8.00. The molecular formula is C20H30O. The maximum atomic E-state index is 10.9. The molecule has 0 atom stereocenters. The molecule has 3 rings (SSSR count). The average molecular weight is 286 g/mol. The molecule has 0 bridgehead atoms. The first-order valence-corrected chi connectivity index (χ1v) is 8.82. The predicted molar refractivity (Wildman–Crippen MR) is 88.6 cm³/mol. The van der Waals surface area contributed by atoms with Crippen molar-refractivity contribution in [3.63, 3.8) is 0 Å². The van der Waals surface area contributed by atoms with Crippen LogP contribution in [-0.4, -0.2) is 10.7 Å². The number of hydrogen-bond donors (Lipinski definition) is 1. The van der Waals surface area contributed by atoms with Crippen LogP contribution in [0, 0.1) is 5.41 Å². The van der Waals surface area contributed by atoms with Gasteiger partial charge in [0.2, 0.25) is 0 Å². The summed E-state index contributed by atoms with van der Waals surface area (Å²) >= 11 is 0. The van der Waals surface area contributed by atoms with Gasteiger partial charge in [-0.05, 0) is 61.0 Å². The Kier molecular flexibility index (Phi) is 4.14. The zero-order valence-electron chi connectivity index (χ0n) is 13.7. The molecule has 2 aliphatic rings.